The van der Waals surface area contributed by atoms with Gasteiger partial charge in [0.2, 0.25) is 0 Å². The van der Waals surface area contributed by atoms with E-state index in [2.05, 4.69) is 26.0 Å². The summed E-state index contributed by atoms with van der Waals surface area (Å²) in [6, 6.07) is 3.69. The smallest absolute Gasteiger partial charge is 0.309 e. The maximum absolute atomic E-state index is 10.7. The van der Waals surface area contributed by atoms with Crippen LogP contribution in [0.3, 0.4) is 0 Å². The molecule has 0 saturated heterocycles. The molecule has 0 radical (unpaired) electrons. The first-order valence-corrected chi connectivity index (χ1v) is 6.29. The number of halogens is 1. The number of aromatic nitrogens is 3. The van der Waals surface area contributed by atoms with Gasteiger partial charge in [-0.1, -0.05) is 0 Å². The van der Waals surface area contributed by atoms with Crippen molar-refractivity contribution in [1.29, 1.82) is 0 Å². The van der Waals surface area contributed by atoms with Gasteiger partial charge >= 0.3 is 5.97 Å². The molecule has 2 heterocycles. The third kappa shape index (κ3) is 2.31. The SMILES string of the molecule is CCN(C)c1ccc2nc(CC(=O)O)c(Br)n2n1. The molecular formula is C11H13BrN4O2. The maximum Gasteiger partial charge on any atom is 0.309 e. The normalized spacial score (nSPS) is 10.8. The number of nitrogens with zero attached hydrogens (tertiary/aromatic N) is 4. The molecule has 96 valence electrons. The average molecular weight is 313 g/mol. The summed E-state index contributed by atoms with van der Waals surface area (Å²) in [5, 5.41) is 13.2. The van der Waals surface area contributed by atoms with Crippen LogP contribution in [0.1, 0.15) is 12.6 Å². The lowest BCUT2D eigenvalue weighted by atomic mass is 10.3. The van der Waals surface area contributed by atoms with E-state index < -0.39 is 5.97 Å². The van der Waals surface area contributed by atoms with Gasteiger partial charge in [0.25, 0.3) is 0 Å². The lowest BCUT2D eigenvalue weighted by Crippen LogP contribution is -2.18. The molecule has 0 saturated carbocycles. The number of rotatable bonds is 4. The number of carbonyl (C=O) groups is 1. The molecule has 0 spiro atoms. The van der Waals surface area contributed by atoms with Crippen LogP contribution in [0.4, 0.5) is 5.82 Å². The van der Waals surface area contributed by atoms with Crippen molar-refractivity contribution < 1.29 is 9.90 Å². The number of carboxylic acid groups (broad SMARTS) is 1. The van der Waals surface area contributed by atoms with Crippen molar-refractivity contribution in [3.05, 3.63) is 22.4 Å². The minimum absolute atomic E-state index is 0.122. The highest BCUT2D eigenvalue weighted by molar-refractivity contribution is 9.10. The summed E-state index contributed by atoms with van der Waals surface area (Å²) < 4.78 is 2.20. The van der Waals surface area contributed by atoms with E-state index in [0.29, 0.717) is 15.9 Å². The summed E-state index contributed by atoms with van der Waals surface area (Å²) in [7, 11) is 1.94. The van der Waals surface area contributed by atoms with E-state index in [1.165, 1.54) is 0 Å². The van der Waals surface area contributed by atoms with Crippen LogP contribution in [0, 0.1) is 0 Å². The molecule has 0 bridgehead atoms. The van der Waals surface area contributed by atoms with Gasteiger partial charge in [0.15, 0.2) is 5.65 Å². The second-order valence-corrected chi connectivity index (χ2v) is 4.65. The molecule has 0 aliphatic carbocycles. The standard InChI is InChI=1S/C11H13BrN4O2/c1-3-15(2)9-5-4-8-13-7(6-10(17)18)11(12)16(8)14-9/h4-5H,3,6H2,1-2H3,(H,17,18). The van der Waals surface area contributed by atoms with Crippen molar-refractivity contribution in [2.75, 3.05) is 18.5 Å². The lowest BCUT2D eigenvalue weighted by Gasteiger charge is -2.14. The highest BCUT2D eigenvalue weighted by Crippen LogP contribution is 2.20. The van der Waals surface area contributed by atoms with Crippen LogP contribution in [0.15, 0.2) is 16.7 Å². The van der Waals surface area contributed by atoms with Crippen molar-refractivity contribution in [2.24, 2.45) is 0 Å². The van der Waals surface area contributed by atoms with E-state index in [9.17, 15) is 4.79 Å². The van der Waals surface area contributed by atoms with Crippen molar-refractivity contribution in [3.63, 3.8) is 0 Å². The fourth-order valence-corrected chi connectivity index (χ4v) is 2.05. The van der Waals surface area contributed by atoms with E-state index in [4.69, 9.17) is 5.11 Å². The maximum atomic E-state index is 10.7. The fraction of sp³-hybridized carbons (Fsp3) is 0.364. The fourth-order valence-electron chi connectivity index (χ4n) is 1.56. The monoisotopic (exact) mass is 312 g/mol. The molecule has 6 nitrogen and oxygen atoms in total. The number of anilines is 1. The Morgan fingerprint density at radius 3 is 2.89 bits per heavy atom. The lowest BCUT2D eigenvalue weighted by molar-refractivity contribution is -0.136. The first-order valence-electron chi connectivity index (χ1n) is 5.50. The minimum Gasteiger partial charge on any atom is -0.481 e. The second-order valence-electron chi connectivity index (χ2n) is 3.90. The quantitative estimate of drug-likeness (QED) is 0.928. The molecule has 0 fully saturated rings. The molecule has 0 atom stereocenters. The summed E-state index contributed by atoms with van der Waals surface area (Å²) in [5.41, 5.74) is 1.11. The van der Waals surface area contributed by atoms with Crippen molar-refractivity contribution in [2.45, 2.75) is 13.3 Å². The molecule has 2 rings (SSSR count). The molecule has 2 aromatic heterocycles. The van der Waals surface area contributed by atoms with Gasteiger partial charge in [-0.15, -0.1) is 5.10 Å². The zero-order chi connectivity index (χ0) is 13.3. The third-order valence-electron chi connectivity index (χ3n) is 2.66. The average Bonchev–Trinajstić information content (AvgIpc) is 2.64. The van der Waals surface area contributed by atoms with E-state index in [0.717, 1.165) is 12.4 Å². The number of fused-ring (bicyclic) bond motifs is 1. The Morgan fingerprint density at radius 1 is 1.56 bits per heavy atom. The van der Waals surface area contributed by atoms with E-state index in [1.807, 2.05) is 31.0 Å². The molecule has 7 heteroatoms. The molecule has 0 aromatic carbocycles. The number of aliphatic carboxylic acids is 1. The second kappa shape index (κ2) is 4.93. The van der Waals surface area contributed by atoms with Crippen LogP contribution in [0.5, 0.6) is 0 Å². The summed E-state index contributed by atoms with van der Waals surface area (Å²) in [6.45, 7) is 2.87. The van der Waals surface area contributed by atoms with Crippen LogP contribution in [0.25, 0.3) is 5.65 Å². The molecule has 2 aromatic rings. The van der Waals surface area contributed by atoms with Gasteiger partial charge in [0.05, 0.1) is 12.1 Å². The third-order valence-corrected chi connectivity index (χ3v) is 3.45. The van der Waals surface area contributed by atoms with E-state index in [1.54, 1.807) is 4.52 Å². The first kappa shape index (κ1) is 12.8. The van der Waals surface area contributed by atoms with Crippen molar-refractivity contribution >= 4 is 33.4 Å². The largest absolute Gasteiger partial charge is 0.481 e. The molecule has 1 N–H and O–H groups in total. The summed E-state index contributed by atoms with van der Waals surface area (Å²) >= 11 is 3.34. The predicted molar refractivity (Wildman–Crippen MR) is 71.0 cm³/mol. The Bertz CT molecular complexity index is 596. The Morgan fingerprint density at radius 2 is 2.28 bits per heavy atom. The number of hydrogen-bond donors (Lipinski definition) is 1. The topological polar surface area (TPSA) is 70.7 Å². The highest BCUT2D eigenvalue weighted by Gasteiger charge is 2.14. The molecule has 0 amide bonds. The van der Waals surface area contributed by atoms with Crippen LogP contribution in [-0.2, 0) is 11.2 Å². The predicted octanol–water partition coefficient (Wildman–Crippen LogP) is 1.57. The molecule has 0 unspecified atom stereocenters. The molecule has 0 aliphatic heterocycles. The number of imidazole rings is 1. The molecule has 18 heavy (non-hydrogen) atoms. The first-order chi connectivity index (χ1) is 8.52. The van der Waals surface area contributed by atoms with Crippen LogP contribution in [-0.4, -0.2) is 39.3 Å². The van der Waals surface area contributed by atoms with Gasteiger partial charge in [0.1, 0.15) is 10.4 Å². The Kier molecular flexibility index (Phi) is 3.51. The zero-order valence-corrected chi connectivity index (χ0v) is 11.7. The van der Waals surface area contributed by atoms with Gasteiger partial charge in [-0.05, 0) is 35.0 Å². The Labute approximate surface area is 112 Å². The summed E-state index contributed by atoms with van der Waals surface area (Å²) in [4.78, 5) is 16.9. The minimum atomic E-state index is -0.912. The van der Waals surface area contributed by atoms with Gasteiger partial charge in [-0.3, -0.25) is 4.79 Å². The van der Waals surface area contributed by atoms with Crippen LogP contribution < -0.4 is 4.90 Å². The van der Waals surface area contributed by atoms with Crippen LogP contribution in [0.2, 0.25) is 0 Å². The number of hydrogen-bond acceptors (Lipinski definition) is 4. The zero-order valence-electron chi connectivity index (χ0n) is 10.1. The van der Waals surface area contributed by atoms with Gasteiger partial charge in [-0.25, -0.2) is 9.50 Å². The van der Waals surface area contributed by atoms with Crippen molar-refractivity contribution in [3.8, 4) is 0 Å². The van der Waals surface area contributed by atoms with E-state index in [-0.39, 0.29) is 6.42 Å². The molecular weight excluding hydrogens is 300 g/mol. The van der Waals surface area contributed by atoms with Gasteiger partial charge in [0, 0.05) is 13.6 Å². The Balaban J connectivity index is 2.49. The van der Waals surface area contributed by atoms with Crippen molar-refractivity contribution in [1.82, 2.24) is 14.6 Å². The van der Waals surface area contributed by atoms with Gasteiger partial charge in [-0.2, -0.15) is 0 Å². The number of carboxylic acids is 1. The van der Waals surface area contributed by atoms with Gasteiger partial charge < -0.3 is 10.0 Å². The molecule has 0 aliphatic rings. The summed E-state index contributed by atoms with van der Waals surface area (Å²) in [5.74, 6) is -0.102. The van der Waals surface area contributed by atoms with Crippen LogP contribution >= 0.6 is 15.9 Å². The highest BCUT2D eigenvalue weighted by atomic mass is 79.9. The Hall–Kier alpha value is -1.63. The summed E-state index contributed by atoms with van der Waals surface area (Å²) in [6.07, 6.45) is -0.122. The van der Waals surface area contributed by atoms with E-state index >= 15 is 0 Å².